The van der Waals surface area contributed by atoms with E-state index in [9.17, 15) is 0 Å². The van der Waals surface area contributed by atoms with E-state index in [-0.39, 0.29) is 5.92 Å². The molecule has 1 atom stereocenters. The maximum absolute atomic E-state index is 5.16. The number of para-hydroxylation sites is 1. The lowest BCUT2D eigenvalue weighted by Crippen LogP contribution is -2.10. The lowest BCUT2D eigenvalue weighted by Gasteiger charge is -2.25. The van der Waals surface area contributed by atoms with Crippen LogP contribution in [0.3, 0.4) is 0 Å². The van der Waals surface area contributed by atoms with E-state index >= 15 is 0 Å². The summed E-state index contributed by atoms with van der Waals surface area (Å²) in [6.45, 7) is 0. The van der Waals surface area contributed by atoms with Crippen LogP contribution in [0.4, 0.5) is 0 Å². The van der Waals surface area contributed by atoms with Gasteiger partial charge in [0.15, 0.2) is 17.5 Å². The van der Waals surface area contributed by atoms with Crippen LogP contribution in [0.5, 0.6) is 0 Å². The summed E-state index contributed by atoms with van der Waals surface area (Å²) in [6.07, 6.45) is 1.97. The second-order valence-corrected chi connectivity index (χ2v) is 11.9. The number of hydrogen-bond donors (Lipinski definition) is 0. The van der Waals surface area contributed by atoms with Crippen molar-refractivity contribution in [2.24, 2.45) is 0 Å². The molecule has 0 N–H and O–H groups in total. The number of aromatic nitrogens is 5. The van der Waals surface area contributed by atoms with Crippen molar-refractivity contribution in [1.29, 1.82) is 0 Å². The summed E-state index contributed by atoms with van der Waals surface area (Å²) >= 11 is 0. The van der Waals surface area contributed by atoms with E-state index in [1.54, 1.807) is 0 Å². The quantitative estimate of drug-likeness (QED) is 0.207. The number of rotatable bonds is 3. The molecule has 5 heteroatoms. The Kier molecular flexibility index (Phi) is 5.28. The Morgan fingerprint density at radius 1 is 0.457 bits per heavy atom. The number of fused-ring (bicyclic) bond motifs is 7. The molecular weight excluding hydrogens is 562 g/mol. The van der Waals surface area contributed by atoms with Crippen LogP contribution in [-0.4, -0.2) is 24.5 Å². The summed E-state index contributed by atoms with van der Waals surface area (Å²) < 4.78 is 2.28. The van der Waals surface area contributed by atoms with Crippen molar-refractivity contribution < 1.29 is 0 Å². The molecule has 0 saturated carbocycles. The minimum atomic E-state index is 0.0344. The van der Waals surface area contributed by atoms with E-state index in [4.69, 9.17) is 19.9 Å². The van der Waals surface area contributed by atoms with Gasteiger partial charge in [-0.2, -0.15) is 0 Å². The molecule has 2 aliphatic rings. The summed E-state index contributed by atoms with van der Waals surface area (Å²) in [5, 5.41) is 0. The maximum atomic E-state index is 5.16. The summed E-state index contributed by atoms with van der Waals surface area (Å²) in [5.74, 6) is 2.00. The van der Waals surface area contributed by atoms with Crippen molar-refractivity contribution in [3.63, 3.8) is 0 Å². The highest BCUT2D eigenvalue weighted by Crippen LogP contribution is 2.56. The summed E-state index contributed by atoms with van der Waals surface area (Å²) in [6, 6.07) is 48.8. The van der Waals surface area contributed by atoms with E-state index in [0.29, 0.717) is 17.5 Å². The Bertz CT molecular complexity index is 2420. The van der Waals surface area contributed by atoms with Gasteiger partial charge < -0.3 is 0 Å². The second kappa shape index (κ2) is 9.65. The predicted molar refractivity (Wildman–Crippen MR) is 183 cm³/mol. The zero-order valence-corrected chi connectivity index (χ0v) is 24.7. The molecule has 8 aromatic rings. The third-order valence-electron chi connectivity index (χ3n) is 9.38. The minimum Gasteiger partial charge on any atom is -0.298 e. The molecule has 46 heavy (non-hydrogen) atoms. The fourth-order valence-corrected chi connectivity index (χ4v) is 7.43. The first-order valence-corrected chi connectivity index (χ1v) is 15.5. The number of hydrogen-bond acceptors (Lipinski definition) is 4. The van der Waals surface area contributed by atoms with E-state index in [1.807, 2.05) is 42.7 Å². The van der Waals surface area contributed by atoms with Gasteiger partial charge >= 0.3 is 0 Å². The molecule has 0 fully saturated rings. The third-order valence-corrected chi connectivity index (χ3v) is 9.38. The Labute approximate surface area is 265 Å². The van der Waals surface area contributed by atoms with Gasteiger partial charge in [-0.1, -0.05) is 121 Å². The number of nitrogens with zero attached hydrogens (tertiary/aromatic N) is 5. The highest BCUT2D eigenvalue weighted by Gasteiger charge is 2.38. The monoisotopic (exact) mass is 587 g/mol. The molecule has 10 rings (SSSR count). The predicted octanol–water partition coefficient (Wildman–Crippen LogP) is 9.35. The fourth-order valence-electron chi connectivity index (χ4n) is 7.43. The lowest BCUT2D eigenvalue weighted by atomic mass is 9.82. The summed E-state index contributed by atoms with van der Waals surface area (Å²) in [4.78, 5) is 20.2. The van der Waals surface area contributed by atoms with Crippen LogP contribution in [0.25, 0.3) is 73.1 Å². The molecule has 5 nitrogen and oxygen atoms in total. The Hall–Kier alpha value is -6.20. The van der Waals surface area contributed by atoms with Crippen molar-refractivity contribution in [2.45, 2.75) is 5.92 Å². The van der Waals surface area contributed by atoms with Gasteiger partial charge in [0, 0.05) is 28.2 Å². The normalized spacial score (nSPS) is 13.9. The number of imidazole rings is 1. The molecule has 3 heterocycles. The average Bonchev–Trinajstić information content (AvgIpc) is 3.71. The Morgan fingerprint density at radius 2 is 1.04 bits per heavy atom. The first kappa shape index (κ1) is 25.2. The van der Waals surface area contributed by atoms with Crippen molar-refractivity contribution in [2.75, 3.05) is 0 Å². The van der Waals surface area contributed by atoms with Crippen LogP contribution in [-0.2, 0) is 0 Å². The highest BCUT2D eigenvalue weighted by molar-refractivity contribution is 6.00. The summed E-state index contributed by atoms with van der Waals surface area (Å²) in [7, 11) is 0. The third kappa shape index (κ3) is 3.57. The minimum absolute atomic E-state index is 0.0344. The Balaban J connectivity index is 1.32. The van der Waals surface area contributed by atoms with Gasteiger partial charge in [-0.25, -0.2) is 19.9 Å². The van der Waals surface area contributed by atoms with E-state index in [1.165, 1.54) is 38.9 Å². The SMILES string of the molecule is c1ccc(-c2nc(-c3ccccc3)nc(-c3ccc4c5c3-c3ccccc3C5c3ccccc3-c3cccc5ncn-4c35)n2)cc1. The van der Waals surface area contributed by atoms with Crippen molar-refractivity contribution >= 4 is 11.0 Å². The van der Waals surface area contributed by atoms with Crippen LogP contribution >= 0.6 is 0 Å². The zero-order valence-electron chi connectivity index (χ0n) is 24.7. The first-order valence-electron chi connectivity index (χ1n) is 15.5. The van der Waals surface area contributed by atoms with Crippen LogP contribution in [0, 0.1) is 0 Å². The molecule has 214 valence electrons. The molecular formula is C41H25N5. The van der Waals surface area contributed by atoms with Crippen LogP contribution < -0.4 is 0 Å². The van der Waals surface area contributed by atoms with Gasteiger partial charge in [0.1, 0.15) is 6.33 Å². The fraction of sp³-hybridized carbons (Fsp3) is 0.0244. The van der Waals surface area contributed by atoms with Gasteiger partial charge in [0.2, 0.25) is 0 Å². The standard InChI is InChI=1S/C41H25N5/c1-3-12-25(13-4-1)39-43-40(26-14-5-2-6-15-26)45-41(44-39)32-22-23-34-37-35(29-18-9-10-19-30(29)36(32)37)28-17-8-7-16-27(28)31-20-11-21-33-38(31)46(34)24-42-33/h1-24,35H. The highest BCUT2D eigenvalue weighted by atomic mass is 15.1. The van der Waals surface area contributed by atoms with Gasteiger partial charge in [-0.3, -0.25) is 4.57 Å². The zero-order chi connectivity index (χ0) is 30.2. The summed E-state index contributed by atoms with van der Waals surface area (Å²) in [5.41, 5.74) is 14.8. The average molecular weight is 588 g/mol. The first-order chi connectivity index (χ1) is 22.8. The molecule has 2 aromatic heterocycles. The smallest absolute Gasteiger partial charge is 0.164 e. The van der Waals surface area contributed by atoms with Gasteiger partial charge in [0.05, 0.1) is 16.7 Å². The molecule has 0 bridgehead atoms. The van der Waals surface area contributed by atoms with E-state index < -0.39 is 0 Å². The van der Waals surface area contributed by atoms with E-state index in [2.05, 4.69) is 108 Å². The molecule has 0 amide bonds. The largest absolute Gasteiger partial charge is 0.298 e. The van der Waals surface area contributed by atoms with Gasteiger partial charge in [-0.15, -0.1) is 0 Å². The van der Waals surface area contributed by atoms with Crippen molar-refractivity contribution in [1.82, 2.24) is 24.5 Å². The molecule has 1 aliphatic carbocycles. The van der Waals surface area contributed by atoms with Gasteiger partial charge in [-0.05, 0) is 51.6 Å². The molecule has 0 saturated heterocycles. The van der Waals surface area contributed by atoms with Crippen LogP contribution in [0.15, 0.2) is 146 Å². The Morgan fingerprint density at radius 3 is 1.76 bits per heavy atom. The number of benzene rings is 6. The maximum Gasteiger partial charge on any atom is 0.164 e. The van der Waals surface area contributed by atoms with Crippen LogP contribution in [0.2, 0.25) is 0 Å². The van der Waals surface area contributed by atoms with Crippen LogP contribution in [0.1, 0.15) is 22.6 Å². The lowest BCUT2D eigenvalue weighted by molar-refractivity contribution is 0.966. The topological polar surface area (TPSA) is 56.5 Å². The molecule has 1 aliphatic heterocycles. The van der Waals surface area contributed by atoms with Crippen molar-refractivity contribution in [3.05, 3.63) is 163 Å². The molecule has 0 radical (unpaired) electrons. The molecule has 1 unspecified atom stereocenters. The van der Waals surface area contributed by atoms with Crippen molar-refractivity contribution in [3.8, 4) is 62.1 Å². The van der Waals surface area contributed by atoms with E-state index in [0.717, 1.165) is 33.4 Å². The molecule has 0 spiro atoms. The van der Waals surface area contributed by atoms with Gasteiger partial charge in [0.25, 0.3) is 0 Å². The molecule has 6 aromatic carbocycles. The second-order valence-electron chi connectivity index (χ2n) is 11.9.